The van der Waals surface area contributed by atoms with Crippen LogP contribution in [0.2, 0.25) is 0 Å². The molecule has 0 spiro atoms. The second-order valence-electron chi connectivity index (χ2n) is 6.00. The molecular weight excluding hydrogens is 255 g/mol. The summed E-state index contributed by atoms with van der Waals surface area (Å²) in [5.41, 5.74) is 0.762. The number of halogens is 1. The van der Waals surface area contributed by atoms with Crippen molar-refractivity contribution in [1.29, 1.82) is 0 Å². The molecule has 0 amide bonds. The zero-order valence-electron chi connectivity index (χ0n) is 12.3. The third-order valence-corrected chi connectivity index (χ3v) is 4.49. The number of methoxy groups -OCH3 is 1. The summed E-state index contributed by atoms with van der Waals surface area (Å²) in [5, 5.41) is 0. The lowest BCUT2D eigenvalue weighted by atomic mass is 10.1. The molecule has 1 aromatic rings. The van der Waals surface area contributed by atoms with Gasteiger partial charge in [0.2, 0.25) is 0 Å². The van der Waals surface area contributed by atoms with Crippen LogP contribution in [0.4, 0.5) is 4.39 Å². The fourth-order valence-corrected chi connectivity index (χ4v) is 3.03. The molecule has 2 fully saturated rings. The van der Waals surface area contributed by atoms with Gasteiger partial charge in [-0.25, -0.2) is 4.39 Å². The molecule has 0 aromatic heterocycles. The topological polar surface area (TPSA) is 15.7 Å². The Bertz CT molecular complexity index is 476. The monoisotopic (exact) mass is 278 g/mol. The lowest BCUT2D eigenvalue weighted by molar-refractivity contribution is 0.0721. The van der Waals surface area contributed by atoms with Crippen LogP contribution >= 0.6 is 0 Å². The highest BCUT2D eigenvalue weighted by Crippen LogP contribution is 2.29. The maximum Gasteiger partial charge on any atom is 0.131 e. The van der Waals surface area contributed by atoms with Gasteiger partial charge in [-0.15, -0.1) is 0 Å². The normalized spacial score (nSPS) is 24.9. The van der Waals surface area contributed by atoms with E-state index in [0.717, 1.165) is 31.2 Å². The Kier molecular flexibility index (Phi) is 3.94. The molecule has 0 bridgehead atoms. The molecule has 0 N–H and O–H groups in total. The Morgan fingerprint density at radius 3 is 2.70 bits per heavy atom. The van der Waals surface area contributed by atoms with E-state index in [1.54, 1.807) is 7.11 Å². The standard InChI is InChI=1S/C16H23FN2O/c1-12-10-19(14-4-5-14)8-7-18(12)11-13-3-6-15(20-2)9-16(13)17/h3,6,9,12,14H,4-5,7-8,10-11H2,1-2H3. The van der Waals surface area contributed by atoms with Crippen molar-refractivity contribution in [2.75, 3.05) is 26.7 Å². The number of ether oxygens (including phenoxy) is 1. The number of benzene rings is 1. The third kappa shape index (κ3) is 2.96. The summed E-state index contributed by atoms with van der Waals surface area (Å²) in [6.07, 6.45) is 2.72. The van der Waals surface area contributed by atoms with Crippen LogP contribution in [-0.2, 0) is 6.54 Å². The van der Waals surface area contributed by atoms with Gasteiger partial charge in [0.25, 0.3) is 0 Å². The van der Waals surface area contributed by atoms with Gasteiger partial charge < -0.3 is 4.74 Å². The zero-order valence-corrected chi connectivity index (χ0v) is 12.3. The molecule has 1 heterocycles. The van der Waals surface area contributed by atoms with E-state index in [4.69, 9.17) is 4.74 Å². The maximum absolute atomic E-state index is 14.0. The molecular formula is C16H23FN2O. The molecule has 1 aliphatic carbocycles. The first-order valence-corrected chi connectivity index (χ1v) is 7.48. The van der Waals surface area contributed by atoms with Crippen molar-refractivity contribution < 1.29 is 9.13 Å². The predicted molar refractivity (Wildman–Crippen MR) is 77.4 cm³/mol. The highest BCUT2D eigenvalue weighted by atomic mass is 19.1. The maximum atomic E-state index is 14.0. The van der Waals surface area contributed by atoms with Gasteiger partial charge in [-0.3, -0.25) is 9.80 Å². The van der Waals surface area contributed by atoms with E-state index in [1.807, 2.05) is 12.1 Å². The number of nitrogens with zero attached hydrogens (tertiary/aromatic N) is 2. The number of piperazine rings is 1. The summed E-state index contributed by atoms with van der Waals surface area (Å²) in [6.45, 7) is 6.20. The van der Waals surface area contributed by atoms with Gasteiger partial charge in [0.05, 0.1) is 7.11 Å². The first-order chi connectivity index (χ1) is 9.67. The van der Waals surface area contributed by atoms with Crippen LogP contribution in [0, 0.1) is 5.82 Å². The number of rotatable bonds is 4. The smallest absolute Gasteiger partial charge is 0.131 e. The Balaban J connectivity index is 1.62. The van der Waals surface area contributed by atoms with E-state index in [9.17, 15) is 4.39 Å². The molecule has 20 heavy (non-hydrogen) atoms. The van der Waals surface area contributed by atoms with Crippen LogP contribution < -0.4 is 4.74 Å². The lowest BCUT2D eigenvalue weighted by Gasteiger charge is -2.40. The van der Waals surface area contributed by atoms with E-state index in [0.29, 0.717) is 18.3 Å². The molecule has 3 rings (SSSR count). The van der Waals surface area contributed by atoms with Crippen molar-refractivity contribution in [2.24, 2.45) is 0 Å². The molecule has 4 heteroatoms. The van der Waals surface area contributed by atoms with Crippen molar-refractivity contribution in [3.63, 3.8) is 0 Å². The summed E-state index contributed by atoms with van der Waals surface area (Å²) >= 11 is 0. The molecule has 1 saturated heterocycles. The summed E-state index contributed by atoms with van der Waals surface area (Å²) in [7, 11) is 1.56. The molecule has 1 unspecified atom stereocenters. The lowest BCUT2D eigenvalue weighted by Crippen LogP contribution is -2.52. The average Bonchev–Trinajstić information content (AvgIpc) is 3.27. The molecule has 3 nitrogen and oxygen atoms in total. The molecule has 2 aliphatic rings. The van der Waals surface area contributed by atoms with Crippen LogP contribution in [0.15, 0.2) is 18.2 Å². The predicted octanol–water partition coefficient (Wildman–Crippen LogP) is 2.50. The molecule has 1 aromatic carbocycles. The van der Waals surface area contributed by atoms with E-state index < -0.39 is 0 Å². The summed E-state index contributed by atoms with van der Waals surface area (Å²) in [4.78, 5) is 4.97. The quantitative estimate of drug-likeness (QED) is 0.841. The van der Waals surface area contributed by atoms with Crippen molar-refractivity contribution in [3.05, 3.63) is 29.6 Å². The largest absolute Gasteiger partial charge is 0.497 e. The Hall–Kier alpha value is -1.13. The van der Waals surface area contributed by atoms with Crippen molar-refractivity contribution in [3.8, 4) is 5.75 Å². The minimum Gasteiger partial charge on any atom is -0.497 e. The van der Waals surface area contributed by atoms with Crippen molar-refractivity contribution in [2.45, 2.75) is 38.4 Å². The minimum absolute atomic E-state index is 0.166. The third-order valence-electron chi connectivity index (χ3n) is 4.49. The van der Waals surface area contributed by atoms with Gasteiger partial charge in [-0.2, -0.15) is 0 Å². The molecule has 1 aliphatic heterocycles. The van der Waals surface area contributed by atoms with E-state index in [2.05, 4.69) is 16.7 Å². The fourth-order valence-electron chi connectivity index (χ4n) is 3.03. The first-order valence-electron chi connectivity index (χ1n) is 7.48. The van der Waals surface area contributed by atoms with Crippen molar-refractivity contribution in [1.82, 2.24) is 9.80 Å². The summed E-state index contributed by atoms with van der Waals surface area (Å²) in [6, 6.07) is 6.47. The first kappa shape index (κ1) is 13.8. The van der Waals surface area contributed by atoms with Crippen LogP contribution in [0.25, 0.3) is 0 Å². The molecule has 1 saturated carbocycles. The van der Waals surface area contributed by atoms with Gasteiger partial charge in [0, 0.05) is 49.9 Å². The van der Waals surface area contributed by atoms with Gasteiger partial charge in [0.15, 0.2) is 0 Å². The highest BCUT2D eigenvalue weighted by molar-refractivity contribution is 5.28. The van der Waals surface area contributed by atoms with Gasteiger partial charge in [0.1, 0.15) is 11.6 Å². The molecule has 0 radical (unpaired) electrons. The van der Waals surface area contributed by atoms with Crippen molar-refractivity contribution >= 4 is 0 Å². The minimum atomic E-state index is -0.166. The Morgan fingerprint density at radius 1 is 1.30 bits per heavy atom. The average molecular weight is 278 g/mol. The second kappa shape index (κ2) is 5.70. The van der Waals surface area contributed by atoms with Crippen LogP contribution in [0.1, 0.15) is 25.3 Å². The van der Waals surface area contributed by atoms with Crippen LogP contribution in [-0.4, -0.2) is 48.6 Å². The summed E-state index contributed by atoms with van der Waals surface area (Å²) < 4.78 is 19.1. The van der Waals surface area contributed by atoms with Gasteiger partial charge in [-0.1, -0.05) is 6.07 Å². The SMILES string of the molecule is COc1ccc(CN2CCN(C3CC3)CC2C)c(F)c1. The van der Waals surface area contributed by atoms with Gasteiger partial charge >= 0.3 is 0 Å². The molecule has 1 atom stereocenters. The number of hydrogen-bond donors (Lipinski definition) is 0. The Morgan fingerprint density at radius 2 is 2.10 bits per heavy atom. The fraction of sp³-hybridized carbons (Fsp3) is 0.625. The second-order valence-corrected chi connectivity index (χ2v) is 6.00. The zero-order chi connectivity index (χ0) is 14.1. The van der Waals surface area contributed by atoms with Crippen LogP contribution in [0.5, 0.6) is 5.75 Å². The number of hydrogen-bond acceptors (Lipinski definition) is 3. The molecule has 110 valence electrons. The highest BCUT2D eigenvalue weighted by Gasteiger charge is 2.34. The van der Waals surface area contributed by atoms with Crippen LogP contribution in [0.3, 0.4) is 0 Å². The van der Waals surface area contributed by atoms with Gasteiger partial charge in [-0.05, 0) is 25.8 Å². The van der Waals surface area contributed by atoms with E-state index >= 15 is 0 Å². The Labute approximate surface area is 120 Å². The van der Waals surface area contributed by atoms with E-state index in [-0.39, 0.29) is 5.82 Å². The van der Waals surface area contributed by atoms with E-state index in [1.165, 1.54) is 18.9 Å². The summed E-state index contributed by atoms with van der Waals surface area (Å²) in [5.74, 6) is 0.416.